The van der Waals surface area contributed by atoms with Gasteiger partial charge in [-0.3, -0.25) is 4.84 Å². The third-order valence-electron chi connectivity index (χ3n) is 4.13. The summed E-state index contributed by atoms with van der Waals surface area (Å²) in [5, 5.41) is 2.31. The van der Waals surface area contributed by atoms with Crippen LogP contribution in [0.15, 0.2) is 34.3 Å². The van der Waals surface area contributed by atoms with Gasteiger partial charge < -0.3 is 16.2 Å². The molecule has 0 atom stereocenters. The number of benzene rings is 1. The molecule has 1 saturated carbocycles. The normalized spacial score (nSPS) is 18.5. The van der Waals surface area contributed by atoms with E-state index in [-0.39, 0.29) is 24.3 Å². The minimum absolute atomic E-state index is 0. The van der Waals surface area contributed by atoms with Crippen LogP contribution in [0.2, 0.25) is 5.02 Å². The Kier molecular flexibility index (Phi) is 6.75. The Morgan fingerprint density at radius 2 is 1.80 bits per heavy atom. The molecule has 0 saturated heterocycles. The predicted octanol–water partition coefficient (Wildman–Crippen LogP) is 2.68. The van der Waals surface area contributed by atoms with Gasteiger partial charge in [-0.15, -0.1) is 12.4 Å². The van der Waals surface area contributed by atoms with Crippen molar-refractivity contribution in [1.82, 2.24) is 5.06 Å². The summed E-state index contributed by atoms with van der Waals surface area (Å²) < 4.78 is 5.65. The molecule has 0 radical (unpaired) electrons. The summed E-state index contributed by atoms with van der Waals surface area (Å²) in [7, 11) is 0. The largest absolute Gasteiger partial charge is 0.494 e. The van der Waals surface area contributed by atoms with Crippen LogP contribution < -0.4 is 16.2 Å². The van der Waals surface area contributed by atoms with Crippen LogP contribution in [0.3, 0.4) is 0 Å². The molecule has 1 aromatic carbocycles. The van der Waals surface area contributed by atoms with E-state index < -0.39 is 5.66 Å². The lowest BCUT2D eigenvalue weighted by molar-refractivity contribution is -0.167. The lowest BCUT2D eigenvalue weighted by Gasteiger charge is -2.39. The van der Waals surface area contributed by atoms with Crippen LogP contribution in [0.25, 0.3) is 0 Å². The molecule has 138 valence electrons. The summed E-state index contributed by atoms with van der Waals surface area (Å²) in [6.45, 7) is 0.992. The SMILES string of the molecule is Cl.NC1=NC2(CCCC2)N(OCCCOc2ccc(Cl)cc2)C(N)=N1. The second kappa shape index (κ2) is 8.60. The zero-order valence-corrected chi connectivity index (χ0v) is 15.4. The molecule has 1 heterocycles. The van der Waals surface area contributed by atoms with Gasteiger partial charge in [-0.1, -0.05) is 11.6 Å². The third kappa shape index (κ3) is 4.68. The average molecular weight is 388 g/mol. The van der Waals surface area contributed by atoms with Crippen molar-refractivity contribution in [2.45, 2.75) is 37.8 Å². The molecule has 3 rings (SSSR count). The Morgan fingerprint density at radius 3 is 2.48 bits per heavy atom. The van der Waals surface area contributed by atoms with E-state index in [2.05, 4.69) is 9.98 Å². The quantitative estimate of drug-likeness (QED) is 0.730. The van der Waals surface area contributed by atoms with Gasteiger partial charge in [-0.05, 0) is 49.9 Å². The Balaban J connectivity index is 0.00000225. The molecule has 0 amide bonds. The molecule has 1 aliphatic heterocycles. The highest BCUT2D eigenvalue weighted by Gasteiger charge is 2.44. The first kappa shape index (κ1) is 19.6. The van der Waals surface area contributed by atoms with Crippen LogP contribution >= 0.6 is 24.0 Å². The van der Waals surface area contributed by atoms with Crippen molar-refractivity contribution in [3.05, 3.63) is 29.3 Å². The van der Waals surface area contributed by atoms with Gasteiger partial charge in [0.05, 0.1) is 13.2 Å². The summed E-state index contributed by atoms with van der Waals surface area (Å²) in [6, 6.07) is 7.27. The van der Waals surface area contributed by atoms with E-state index in [4.69, 9.17) is 32.6 Å². The molecule has 4 N–H and O–H groups in total. The zero-order chi connectivity index (χ0) is 17.0. The number of rotatable bonds is 6. The Hall–Kier alpha value is -1.70. The third-order valence-corrected chi connectivity index (χ3v) is 4.39. The summed E-state index contributed by atoms with van der Waals surface area (Å²) in [4.78, 5) is 14.4. The summed E-state index contributed by atoms with van der Waals surface area (Å²) in [5.41, 5.74) is 11.3. The first-order chi connectivity index (χ1) is 11.6. The van der Waals surface area contributed by atoms with Gasteiger partial charge in [0.15, 0.2) is 5.66 Å². The van der Waals surface area contributed by atoms with Gasteiger partial charge in [-0.25, -0.2) is 4.99 Å². The lowest BCUT2D eigenvalue weighted by atomic mass is 10.1. The highest BCUT2D eigenvalue weighted by Crippen LogP contribution is 2.38. The molecule has 0 unspecified atom stereocenters. The van der Waals surface area contributed by atoms with Crippen LogP contribution in [0.5, 0.6) is 5.75 Å². The number of aliphatic imine (C=N–C) groups is 2. The molecular formula is C16H23Cl2N5O2. The fourth-order valence-corrected chi connectivity index (χ4v) is 3.16. The maximum atomic E-state index is 5.99. The van der Waals surface area contributed by atoms with Crippen LogP contribution in [-0.2, 0) is 4.84 Å². The van der Waals surface area contributed by atoms with Gasteiger partial charge >= 0.3 is 0 Å². The number of halogens is 2. The molecule has 0 bridgehead atoms. The maximum Gasteiger partial charge on any atom is 0.226 e. The topological polar surface area (TPSA) is 98.5 Å². The first-order valence-corrected chi connectivity index (χ1v) is 8.48. The monoisotopic (exact) mass is 387 g/mol. The predicted molar refractivity (Wildman–Crippen MR) is 101 cm³/mol. The van der Waals surface area contributed by atoms with Crippen molar-refractivity contribution in [2.24, 2.45) is 21.5 Å². The van der Waals surface area contributed by atoms with Crippen molar-refractivity contribution < 1.29 is 9.57 Å². The van der Waals surface area contributed by atoms with E-state index in [0.717, 1.165) is 31.4 Å². The molecule has 2 aliphatic rings. The van der Waals surface area contributed by atoms with Gasteiger partial charge in [0.25, 0.3) is 0 Å². The van der Waals surface area contributed by atoms with E-state index in [1.54, 1.807) is 17.2 Å². The molecule has 1 spiro atoms. The Bertz CT molecular complexity index is 630. The van der Waals surface area contributed by atoms with E-state index in [1.165, 1.54) is 0 Å². The highest BCUT2D eigenvalue weighted by atomic mass is 35.5. The summed E-state index contributed by atoms with van der Waals surface area (Å²) in [5.74, 6) is 1.27. The molecule has 1 aliphatic carbocycles. The molecule has 1 fully saturated rings. The zero-order valence-electron chi connectivity index (χ0n) is 13.9. The second-order valence-electron chi connectivity index (χ2n) is 5.91. The fourth-order valence-electron chi connectivity index (χ4n) is 3.04. The fraction of sp³-hybridized carbons (Fsp3) is 0.500. The minimum atomic E-state index is -0.493. The number of hydrogen-bond donors (Lipinski definition) is 2. The number of nitrogens with zero attached hydrogens (tertiary/aromatic N) is 3. The molecule has 0 aromatic heterocycles. The van der Waals surface area contributed by atoms with E-state index in [9.17, 15) is 0 Å². The lowest BCUT2D eigenvalue weighted by Crippen LogP contribution is -2.55. The molecule has 25 heavy (non-hydrogen) atoms. The van der Waals surface area contributed by atoms with E-state index in [1.807, 2.05) is 12.1 Å². The number of ether oxygens (including phenoxy) is 1. The summed E-state index contributed by atoms with van der Waals surface area (Å²) in [6.07, 6.45) is 4.59. The Morgan fingerprint density at radius 1 is 1.12 bits per heavy atom. The molecular weight excluding hydrogens is 365 g/mol. The van der Waals surface area contributed by atoms with Crippen molar-refractivity contribution in [3.63, 3.8) is 0 Å². The summed E-state index contributed by atoms with van der Waals surface area (Å²) >= 11 is 5.84. The highest BCUT2D eigenvalue weighted by molar-refractivity contribution is 6.30. The van der Waals surface area contributed by atoms with E-state index >= 15 is 0 Å². The molecule has 9 heteroatoms. The van der Waals surface area contributed by atoms with Crippen LogP contribution in [0, 0.1) is 0 Å². The Labute approximate surface area is 158 Å². The van der Waals surface area contributed by atoms with Gasteiger partial charge in [0, 0.05) is 11.4 Å². The maximum absolute atomic E-state index is 5.99. The first-order valence-electron chi connectivity index (χ1n) is 8.10. The second-order valence-corrected chi connectivity index (χ2v) is 6.35. The van der Waals surface area contributed by atoms with Crippen LogP contribution in [-0.4, -0.2) is 35.9 Å². The minimum Gasteiger partial charge on any atom is -0.494 e. The number of nitrogens with two attached hydrogens (primary N) is 2. The van der Waals surface area contributed by atoms with Gasteiger partial charge in [-0.2, -0.15) is 10.1 Å². The van der Waals surface area contributed by atoms with Crippen LogP contribution in [0.4, 0.5) is 0 Å². The molecule has 7 nitrogen and oxygen atoms in total. The number of hydrogen-bond acceptors (Lipinski definition) is 7. The van der Waals surface area contributed by atoms with Crippen molar-refractivity contribution in [3.8, 4) is 5.75 Å². The van der Waals surface area contributed by atoms with Gasteiger partial charge in [0.1, 0.15) is 5.75 Å². The molecule has 1 aromatic rings. The van der Waals surface area contributed by atoms with E-state index in [0.29, 0.717) is 24.7 Å². The van der Waals surface area contributed by atoms with Crippen molar-refractivity contribution in [1.29, 1.82) is 0 Å². The van der Waals surface area contributed by atoms with Crippen molar-refractivity contribution >= 4 is 35.9 Å². The smallest absolute Gasteiger partial charge is 0.226 e. The van der Waals surface area contributed by atoms with Crippen molar-refractivity contribution in [2.75, 3.05) is 13.2 Å². The average Bonchev–Trinajstić information content (AvgIpc) is 2.99. The number of hydroxylamine groups is 2. The number of guanidine groups is 2. The van der Waals surface area contributed by atoms with Gasteiger partial charge in [0.2, 0.25) is 11.9 Å². The van der Waals surface area contributed by atoms with Crippen LogP contribution in [0.1, 0.15) is 32.1 Å². The standard InChI is InChI=1S/C16H22ClN5O2.ClH/c17-12-4-6-13(7-5-12)23-10-3-11-24-22-15(19)20-14(18)21-16(22)8-1-2-9-16;/h4-7H,1-3,8-11H2,(H4,18,19,20,21);1H.